The minimum Gasteiger partial charge on any atom is -0.336 e. The van der Waals surface area contributed by atoms with Crippen LogP contribution >= 0.6 is 31.9 Å². The summed E-state index contributed by atoms with van der Waals surface area (Å²) in [6.07, 6.45) is 0. The lowest BCUT2D eigenvalue weighted by molar-refractivity contribution is 0.0635. The van der Waals surface area contributed by atoms with Crippen LogP contribution in [0.3, 0.4) is 0 Å². The van der Waals surface area contributed by atoms with Gasteiger partial charge in [-0.2, -0.15) is 0 Å². The molecular formula is C13H14Br2F2N2O. The minimum absolute atomic E-state index is 0.284. The normalized spacial score (nSPS) is 16.5. The first-order valence-corrected chi connectivity index (χ1v) is 8.16. The molecule has 1 aliphatic rings. The molecule has 110 valence electrons. The molecule has 1 aromatic rings. The van der Waals surface area contributed by atoms with E-state index in [1.165, 1.54) is 4.90 Å². The number of benzene rings is 1. The van der Waals surface area contributed by atoms with Crippen molar-refractivity contribution < 1.29 is 13.6 Å². The average Bonchev–Trinajstić information content (AvgIpc) is 2.38. The maximum atomic E-state index is 13.8. The molecule has 1 amide bonds. The van der Waals surface area contributed by atoms with Gasteiger partial charge in [-0.3, -0.25) is 9.69 Å². The standard InChI is InChI=1S/C13H14Br2F2N2O/c14-1-2-18-3-5-19(6-4-18)13(20)12-10(16)7-9(15)8-11(12)17/h7-8H,1-6H2. The van der Waals surface area contributed by atoms with E-state index in [1.807, 2.05) is 0 Å². The average molecular weight is 412 g/mol. The summed E-state index contributed by atoms with van der Waals surface area (Å²) < 4.78 is 27.8. The molecule has 0 radical (unpaired) electrons. The lowest BCUT2D eigenvalue weighted by atomic mass is 10.1. The zero-order valence-electron chi connectivity index (χ0n) is 10.7. The first-order valence-electron chi connectivity index (χ1n) is 6.25. The van der Waals surface area contributed by atoms with Crippen molar-refractivity contribution in [2.45, 2.75) is 0 Å². The van der Waals surface area contributed by atoms with Crippen molar-refractivity contribution in [2.24, 2.45) is 0 Å². The smallest absolute Gasteiger partial charge is 0.259 e. The molecule has 0 saturated carbocycles. The van der Waals surface area contributed by atoms with Crippen molar-refractivity contribution in [3.63, 3.8) is 0 Å². The Morgan fingerprint density at radius 3 is 2.20 bits per heavy atom. The monoisotopic (exact) mass is 410 g/mol. The highest BCUT2D eigenvalue weighted by atomic mass is 79.9. The highest BCUT2D eigenvalue weighted by Crippen LogP contribution is 2.21. The predicted molar refractivity (Wildman–Crippen MR) is 80.2 cm³/mol. The van der Waals surface area contributed by atoms with Crippen LogP contribution in [-0.4, -0.2) is 53.8 Å². The van der Waals surface area contributed by atoms with Gasteiger partial charge in [0, 0.05) is 42.5 Å². The number of nitrogens with zero attached hydrogens (tertiary/aromatic N) is 2. The largest absolute Gasteiger partial charge is 0.336 e. The molecule has 1 aliphatic heterocycles. The zero-order valence-corrected chi connectivity index (χ0v) is 13.9. The number of carbonyl (C=O) groups is 1. The fourth-order valence-corrected chi connectivity index (χ4v) is 3.10. The second-order valence-electron chi connectivity index (χ2n) is 4.57. The van der Waals surface area contributed by atoms with Gasteiger partial charge in [0.05, 0.1) is 0 Å². The Labute approximate surface area is 133 Å². The topological polar surface area (TPSA) is 23.6 Å². The summed E-state index contributed by atoms with van der Waals surface area (Å²) in [6, 6.07) is 2.22. The summed E-state index contributed by atoms with van der Waals surface area (Å²) in [6.45, 7) is 3.32. The molecule has 3 nitrogen and oxygen atoms in total. The van der Waals surface area contributed by atoms with Gasteiger partial charge in [0.15, 0.2) is 0 Å². The van der Waals surface area contributed by atoms with Crippen LogP contribution in [0.5, 0.6) is 0 Å². The van der Waals surface area contributed by atoms with Crippen LogP contribution in [0.4, 0.5) is 8.78 Å². The Bertz CT molecular complexity index is 482. The maximum Gasteiger partial charge on any atom is 0.259 e. The summed E-state index contributed by atoms with van der Waals surface area (Å²) >= 11 is 6.37. The first kappa shape index (κ1) is 15.9. The van der Waals surface area contributed by atoms with Crippen LogP contribution in [0, 0.1) is 11.6 Å². The zero-order chi connectivity index (χ0) is 14.7. The van der Waals surface area contributed by atoms with Crippen LogP contribution in [0.15, 0.2) is 16.6 Å². The second kappa shape index (κ2) is 6.95. The SMILES string of the molecule is O=C(c1c(F)cc(Br)cc1F)N1CCN(CCBr)CC1. The van der Waals surface area contributed by atoms with E-state index in [2.05, 4.69) is 36.8 Å². The van der Waals surface area contributed by atoms with Crippen LogP contribution in [0.25, 0.3) is 0 Å². The lowest BCUT2D eigenvalue weighted by Gasteiger charge is -2.34. The Kier molecular flexibility index (Phi) is 5.51. The van der Waals surface area contributed by atoms with Crippen molar-refractivity contribution >= 4 is 37.8 Å². The molecule has 0 atom stereocenters. The number of amides is 1. The molecule has 0 N–H and O–H groups in total. The molecule has 0 aromatic heterocycles. The Morgan fingerprint density at radius 2 is 1.70 bits per heavy atom. The summed E-state index contributed by atoms with van der Waals surface area (Å²) in [4.78, 5) is 15.9. The van der Waals surface area contributed by atoms with Gasteiger partial charge in [-0.05, 0) is 12.1 Å². The molecule has 0 unspecified atom stereocenters. The van der Waals surface area contributed by atoms with Gasteiger partial charge in [-0.1, -0.05) is 31.9 Å². The van der Waals surface area contributed by atoms with Gasteiger partial charge in [0.2, 0.25) is 0 Å². The summed E-state index contributed by atoms with van der Waals surface area (Å²) in [5.41, 5.74) is -0.470. The highest BCUT2D eigenvalue weighted by molar-refractivity contribution is 9.10. The molecule has 1 fully saturated rings. The third-order valence-electron chi connectivity index (χ3n) is 3.28. The molecule has 1 saturated heterocycles. The molecule has 7 heteroatoms. The van der Waals surface area contributed by atoms with Gasteiger partial charge >= 0.3 is 0 Å². The minimum atomic E-state index is -0.829. The van der Waals surface area contributed by atoms with E-state index in [1.54, 1.807) is 0 Å². The summed E-state index contributed by atoms with van der Waals surface area (Å²) in [5.74, 6) is -2.24. The predicted octanol–water partition coefficient (Wildman–Crippen LogP) is 2.88. The van der Waals surface area contributed by atoms with Gasteiger partial charge < -0.3 is 4.90 Å². The molecule has 20 heavy (non-hydrogen) atoms. The van der Waals surface area contributed by atoms with E-state index in [-0.39, 0.29) is 4.47 Å². The Morgan fingerprint density at radius 1 is 1.15 bits per heavy atom. The number of rotatable bonds is 3. The molecule has 1 heterocycles. The third-order valence-corrected chi connectivity index (χ3v) is 4.09. The highest BCUT2D eigenvalue weighted by Gasteiger charge is 2.26. The fraction of sp³-hybridized carbons (Fsp3) is 0.462. The van der Waals surface area contributed by atoms with Crippen molar-refractivity contribution in [2.75, 3.05) is 38.1 Å². The van der Waals surface area contributed by atoms with Crippen molar-refractivity contribution in [3.05, 3.63) is 33.8 Å². The van der Waals surface area contributed by atoms with E-state index in [9.17, 15) is 13.6 Å². The lowest BCUT2D eigenvalue weighted by Crippen LogP contribution is -2.49. The molecule has 0 aliphatic carbocycles. The van der Waals surface area contributed by atoms with Crippen molar-refractivity contribution in [1.82, 2.24) is 9.80 Å². The summed E-state index contributed by atoms with van der Waals surface area (Å²) in [7, 11) is 0. The second-order valence-corrected chi connectivity index (χ2v) is 6.28. The van der Waals surface area contributed by atoms with Crippen LogP contribution in [-0.2, 0) is 0 Å². The van der Waals surface area contributed by atoms with Gasteiger partial charge in [0.1, 0.15) is 17.2 Å². The van der Waals surface area contributed by atoms with E-state index in [4.69, 9.17) is 0 Å². The molecular weight excluding hydrogens is 398 g/mol. The van der Waals surface area contributed by atoms with Crippen molar-refractivity contribution in [3.8, 4) is 0 Å². The quantitative estimate of drug-likeness (QED) is 0.714. The van der Waals surface area contributed by atoms with E-state index in [0.717, 1.165) is 37.1 Å². The molecule has 1 aromatic carbocycles. The van der Waals surface area contributed by atoms with E-state index < -0.39 is 23.1 Å². The molecule has 0 spiro atoms. The number of hydrogen-bond donors (Lipinski definition) is 0. The van der Waals surface area contributed by atoms with Crippen LogP contribution in [0.2, 0.25) is 0 Å². The summed E-state index contributed by atoms with van der Waals surface area (Å²) in [5, 5.41) is 0.872. The van der Waals surface area contributed by atoms with Crippen molar-refractivity contribution in [1.29, 1.82) is 0 Å². The molecule has 2 rings (SSSR count). The third kappa shape index (κ3) is 3.56. The number of alkyl halides is 1. The van der Waals surface area contributed by atoms with Gasteiger partial charge in [-0.25, -0.2) is 8.78 Å². The maximum absolute atomic E-state index is 13.8. The Hall–Kier alpha value is -0.530. The number of carbonyl (C=O) groups excluding carboxylic acids is 1. The number of piperazine rings is 1. The van der Waals surface area contributed by atoms with Gasteiger partial charge in [-0.15, -0.1) is 0 Å². The first-order chi connectivity index (χ1) is 9.52. The van der Waals surface area contributed by atoms with Crippen LogP contribution < -0.4 is 0 Å². The van der Waals surface area contributed by atoms with Crippen LogP contribution in [0.1, 0.15) is 10.4 Å². The fourth-order valence-electron chi connectivity index (χ4n) is 2.20. The number of halogens is 4. The number of hydrogen-bond acceptors (Lipinski definition) is 2. The van der Waals surface area contributed by atoms with Gasteiger partial charge in [0.25, 0.3) is 5.91 Å². The Balaban J connectivity index is 2.10. The molecule has 0 bridgehead atoms. The van der Waals surface area contributed by atoms with E-state index in [0.29, 0.717) is 13.1 Å². The van der Waals surface area contributed by atoms with E-state index >= 15 is 0 Å².